The molecule has 1 aromatic rings. The standard InChI is InChI=1S/C17H26N2O/c1-14-9-11-19(12-10-14)15(2)17(20)18(3)13-16-7-5-4-6-8-16/h4-8,14-15H,9-13H2,1-3H3. The van der Waals surface area contributed by atoms with Gasteiger partial charge in [0.2, 0.25) is 5.91 Å². The number of benzene rings is 1. The Labute approximate surface area is 122 Å². The molecule has 110 valence electrons. The van der Waals surface area contributed by atoms with Gasteiger partial charge in [0.25, 0.3) is 0 Å². The number of rotatable bonds is 4. The summed E-state index contributed by atoms with van der Waals surface area (Å²) in [5.74, 6) is 1.03. The molecule has 0 aliphatic carbocycles. The lowest BCUT2D eigenvalue weighted by Gasteiger charge is -2.35. The van der Waals surface area contributed by atoms with E-state index in [1.165, 1.54) is 18.4 Å². The van der Waals surface area contributed by atoms with E-state index in [4.69, 9.17) is 0 Å². The molecule has 1 aliphatic rings. The number of hydrogen-bond acceptors (Lipinski definition) is 2. The SMILES string of the molecule is CC1CCN(C(C)C(=O)N(C)Cc2ccccc2)CC1. The van der Waals surface area contributed by atoms with Crippen LogP contribution in [0.1, 0.15) is 32.3 Å². The van der Waals surface area contributed by atoms with Crippen LogP contribution in [0.15, 0.2) is 30.3 Å². The first-order chi connectivity index (χ1) is 9.58. The zero-order valence-electron chi connectivity index (χ0n) is 12.9. The van der Waals surface area contributed by atoms with Crippen molar-refractivity contribution in [2.24, 2.45) is 5.92 Å². The van der Waals surface area contributed by atoms with Crippen molar-refractivity contribution in [2.45, 2.75) is 39.3 Å². The number of likely N-dealkylation sites (N-methyl/N-ethyl adjacent to an activating group) is 1. The monoisotopic (exact) mass is 274 g/mol. The van der Waals surface area contributed by atoms with Gasteiger partial charge in [0.1, 0.15) is 0 Å². The van der Waals surface area contributed by atoms with Crippen LogP contribution in [-0.4, -0.2) is 41.9 Å². The van der Waals surface area contributed by atoms with Gasteiger partial charge in [0.05, 0.1) is 6.04 Å². The summed E-state index contributed by atoms with van der Waals surface area (Å²) in [6, 6.07) is 10.2. The van der Waals surface area contributed by atoms with E-state index >= 15 is 0 Å². The summed E-state index contributed by atoms with van der Waals surface area (Å²) in [7, 11) is 1.90. The zero-order valence-corrected chi connectivity index (χ0v) is 12.9. The first kappa shape index (κ1) is 15.0. The summed E-state index contributed by atoms with van der Waals surface area (Å²) in [6.07, 6.45) is 2.42. The van der Waals surface area contributed by atoms with E-state index in [0.29, 0.717) is 6.54 Å². The molecule has 0 aromatic heterocycles. The molecule has 3 heteroatoms. The molecule has 0 spiro atoms. The molecule has 1 amide bonds. The fourth-order valence-corrected chi connectivity index (χ4v) is 2.83. The lowest BCUT2D eigenvalue weighted by molar-refractivity contribution is -0.136. The van der Waals surface area contributed by atoms with Gasteiger partial charge in [-0.2, -0.15) is 0 Å². The number of piperidine rings is 1. The maximum atomic E-state index is 12.5. The van der Waals surface area contributed by atoms with Gasteiger partial charge >= 0.3 is 0 Å². The highest BCUT2D eigenvalue weighted by Crippen LogP contribution is 2.19. The van der Waals surface area contributed by atoms with Crippen LogP contribution >= 0.6 is 0 Å². The molecule has 1 aliphatic heterocycles. The van der Waals surface area contributed by atoms with Gasteiger partial charge < -0.3 is 4.90 Å². The van der Waals surface area contributed by atoms with E-state index in [1.807, 2.05) is 37.1 Å². The van der Waals surface area contributed by atoms with Crippen LogP contribution in [0.4, 0.5) is 0 Å². The maximum Gasteiger partial charge on any atom is 0.239 e. The summed E-state index contributed by atoms with van der Waals surface area (Å²) < 4.78 is 0. The van der Waals surface area contributed by atoms with Gasteiger partial charge in [0, 0.05) is 13.6 Å². The second kappa shape index (κ2) is 6.89. The van der Waals surface area contributed by atoms with Gasteiger partial charge in [0.15, 0.2) is 0 Å². The molecule has 1 heterocycles. The summed E-state index contributed by atoms with van der Waals surface area (Å²) in [5.41, 5.74) is 1.18. The zero-order chi connectivity index (χ0) is 14.5. The van der Waals surface area contributed by atoms with E-state index in [9.17, 15) is 4.79 Å². The Kier molecular flexibility index (Phi) is 5.18. The fraction of sp³-hybridized carbons (Fsp3) is 0.588. The predicted molar refractivity (Wildman–Crippen MR) is 82.3 cm³/mol. The van der Waals surface area contributed by atoms with Crippen LogP contribution in [0.2, 0.25) is 0 Å². The molecule has 0 bridgehead atoms. The Hall–Kier alpha value is -1.35. The Morgan fingerprint density at radius 3 is 2.50 bits per heavy atom. The number of amides is 1. The summed E-state index contributed by atoms with van der Waals surface area (Å²) in [4.78, 5) is 16.7. The highest BCUT2D eigenvalue weighted by molar-refractivity contribution is 5.81. The molecule has 1 unspecified atom stereocenters. The molecular formula is C17H26N2O. The third-order valence-corrected chi connectivity index (χ3v) is 4.36. The summed E-state index contributed by atoms with van der Waals surface area (Å²) in [6.45, 7) is 7.12. The Bertz CT molecular complexity index is 424. The van der Waals surface area contributed by atoms with Crippen molar-refractivity contribution >= 4 is 5.91 Å². The molecule has 0 saturated carbocycles. The van der Waals surface area contributed by atoms with Gasteiger partial charge in [-0.1, -0.05) is 37.3 Å². The van der Waals surface area contributed by atoms with Crippen LogP contribution in [0.5, 0.6) is 0 Å². The van der Waals surface area contributed by atoms with Crippen LogP contribution in [0, 0.1) is 5.92 Å². The Balaban J connectivity index is 1.89. The van der Waals surface area contributed by atoms with E-state index in [0.717, 1.165) is 19.0 Å². The highest BCUT2D eigenvalue weighted by atomic mass is 16.2. The van der Waals surface area contributed by atoms with E-state index in [-0.39, 0.29) is 11.9 Å². The molecule has 1 atom stereocenters. The molecule has 0 N–H and O–H groups in total. The van der Waals surface area contributed by atoms with Crippen molar-refractivity contribution in [1.82, 2.24) is 9.80 Å². The van der Waals surface area contributed by atoms with Crippen molar-refractivity contribution < 1.29 is 4.79 Å². The van der Waals surface area contributed by atoms with Crippen molar-refractivity contribution in [3.05, 3.63) is 35.9 Å². The van der Waals surface area contributed by atoms with Crippen molar-refractivity contribution in [3.8, 4) is 0 Å². The predicted octanol–water partition coefficient (Wildman–Crippen LogP) is 2.77. The normalized spacial score (nSPS) is 18.8. The molecule has 2 rings (SSSR count). The topological polar surface area (TPSA) is 23.6 Å². The molecule has 3 nitrogen and oxygen atoms in total. The third-order valence-electron chi connectivity index (χ3n) is 4.36. The number of likely N-dealkylation sites (tertiary alicyclic amines) is 1. The molecule has 1 aromatic carbocycles. The van der Waals surface area contributed by atoms with Gasteiger partial charge in [-0.25, -0.2) is 0 Å². The van der Waals surface area contributed by atoms with E-state index in [1.54, 1.807) is 0 Å². The molecule has 1 fully saturated rings. The number of nitrogens with zero attached hydrogens (tertiary/aromatic N) is 2. The second-order valence-electron chi connectivity index (χ2n) is 6.07. The Morgan fingerprint density at radius 2 is 1.90 bits per heavy atom. The van der Waals surface area contributed by atoms with Crippen LogP contribution < -0.4 is 0 Å². The van der Waals surface area contributed by atoms with Crippen molar-refractivity contribution in [2.75, 3.05) is 20.1 Å². The minimum absolute atomic E-state index is 0.00351. The highest BCUT2D eigenvalue weighted by Gasteiger charge is 2.26. The fourth-order valence-electron chi connectivity index (χ4n) is 2.83. The number of carbonyl (C=O) groups excluding carboxylic acids is 1. The lowest BCUT2D eigenvalue weighted by atomic mass is 9.98. The third kappa shape index (κ3) is 3.83. The number of hydrogen-bond donors (Lipinski definition) is 0. The van der Waals surface area contributed by atoms with Crippen LogP contribution in [-0.2, 0) is 11.3 Å². The molecule has 1 saturated heterocycles. The number of carbonyl (C=O) groups is 1. The average molecular weight is 274 g/mol. The summed E-state index contributed by atoms with van der Waals surface area (Å²) in [5, 5.41) is 0. The minimum atomic E-state index is -0.00351. The maximum absolute atomic E-state index is 12.5. The first-order valence-corrected chi connectivity index (χ1v) is 7.61. The van der Waals surface area contributed by atoms with Crippen LogP contribution in [0.25, 0.3) is 0 Å². The quantitative estimate of drug-likeness (QED) is 0.843. The van der Waals surface area contributed by atoms with Crippen molar-refractivity contribution in [1.29, 1.82) is 0 Å². The average Bonchev–Trinajstić information content (AvgIpc) is 2.47. The minimum Gasteiger partial charge on any atom is -0.340 e. The molecular weight excluding hydrogens is 248 g/mol. The summed E-state index contributed by atoms with van der Waals surface area (Å²) >= 11 is 0. The largest absolute Gasteiger partial charge is 0.340 e. The van der Waals surface area contributed by atoms with Gasteiger partial charge in [-0.05, 0) is 44.3 Å². The molecule has 0 radical (unpaired) electrons. The van der Waals surface area contributed by atoms with Crippen molar-refractivity contribution in [3.63, 3.8) is 0 Å². The second-order valence-corrected chi connectivity index (χ2v) is 6.07. The van der Waals surface area contributed by atoms with E-state index < -0.39 is 0 Å². The smallest absolute Gasteiger partial charge is 0.239 e. The first-order valence-electron chi connectivity index (χ1n) is 7.61. The van der Waals surface area contributed by atoms with E-state index in [2.05, 4.69) is 24.0 Å². The van der Waals surface area contributed by atoms with Gasteiger partial charge in [-0.15, -0.1) is 0 Å². The van der Waals surface area contributed by atoms with Gasteiger partial charge in [-0.3, -0.25) is 9.69 Å². The lowest BCUT2D eigenvalue weighted by Crippen LogP contribution is -2.48. The molecule has 20 heavy (non-hydrogen) atoms. The van der Waals surface area contributed by atoms with Crippen LogP contribution in [0.3, 0.4) is 0 Å². The Morgan fingerprint density at radius 1 is 1.30 bits per heavy atom.